The summed E-state index contributed by atoms with van der Waals surface area (Å²) < 4.78 is 6.74. The summed E-state index contributed by atoms with van der Waals surface area (Å²) in [5.74, 6) is 0.771. The van der Waals surface area contributed by atoms with Crippen molar-refractivity contribution in [1.82, 2.24) is 9.78 Å². The van der Waals surface area contributed by atoms with Gasteiger partial charge in [0.15, 0.2) is 0 Å². The highest BCUT2D eigenvalue weighted by atomic mass is 35.5. The topological polar surface area (TPSA) is 44.1 Å². The van der Waals surface area contributed by atoms with Gasteiger partial charge in [-0.3, -0.25) is 4.79 Å². The van der Waals surface area contributed by atoms with Crippen LogP contribution in [0.1, 0.15) is 16.1 Å². The molecule has 0 amide bonds. The van der Waals surface area contributed by atoms with Gasteiger partial charge in [0, 0.05) is 0 Å². The van der Waals surface area contributed by atoms with Gasteiger partial charge in [0.25, 0.3) is 5.24 Å². The van der Waals surface area contributed by atoms with Crippen LogP contribution >= 0.6 is 11.6 Å². The first-order valence-electron chi connectivity index (χ1n) is 5.02. The van der Waals surface area contributed by atoms with Crippen molar-refractivity contribution in [2.45, 2.75) is 6.92 Å². The fraction of sp³-hybridized carbons (Fsp3) is 0.167. The maximum Gasteiger partial charge on any atom is 0.255 e. The van der Waals surface area contributed by atoms with Gasteiger partial charge in [-0.15, -0.1) is 0 Å². The Morgan fingerprint density at radius 2 is 2.00 bits per heavy atom. The predicted octanol–water partition coefficient (Wildman–Crippen LogP) is 2.57. The predicted molar refractivity (Wildman–Crippen MR) is 65.0 cm³/mol. The van der Waals surface area contributed by atoms with Crippen LogP contribution in [0.15, 0.2) is 30.5 Å². The first kappa shape index (κ1) is 11.7. The molecule has 17 heavy (non-hydrogen) atoms. The summed E-state index contributed by atoms with van der Waals surface area (Å²) in [4.78, 5) is 11.1. The molecular formula is C12H11ClN2O2. The zero-order chi connectivity index (χ0) is 12.4. The Hall–Kier alpha value is -1.81. The lowest BCUT2D eigenvalue weighted by Gasteiger charge is -2.05. The third kappa shape index (κ3) is 2.17. The highest BCUT2D eigenvalue weighted by Crippen LogP contribution is 2.18. The summed E-state index contributed by atoms with van der Waals surface area (Å²) in [6.07, 6.45) is 1.47. The molecule has 0 fully saturated rings. The van der Waals surface area contributed by atoms with Crippen LogP contribution in [0.3, 0.4) is 0 Å². The van der Waals surface area contributed by atoms with E-state index in [0.29, 0.717) is 5.56 Å². The van der Waals surface area contributed by atoms with Crippen molar-refractivity contribution in [3.8, 4) is 11.4 Å². The van der Waals surface area contributed by atoms with Crippen molar-refractivity contribution >= 4 is 16.8 Å². The summed E-state index contributed by atoms with van der Waals surface area (Å²) in [5, 5.41) is 3.64. The van der Waals surface area contributed by atoms with Gasteiger partial charge in [0.1, 0.15) is 5.75 Å². The number of benzene rings is 1. The Kier molecular flexibility index (Phi) is 3.15. The van der Waals surface area contributed by atoms with E-state index < -0.39 is 5.24 Å². The zero-order valence-corrected chi connectivity index (χ0v) is 10.2. The zero-order valence-electron chi connectivity index (χ0n) is 9.48. The van der Waals surface area contributed by atoms with Crippen LogP contribution in [0.4, 0.5) is 0 Å². The highest BCUT2D eigenvalue weighted by Gasteiger charge is 2.12. The van der Waals surface area contributed by atoms with Gasteiger partial charge in [-0.1, -0.05) is 0 Å². The summed E-state index contributed by atoms with van der Waals surface area (Å²) >= 11 is 5.44. The molecule has 0 aliphatic carbocycles. The van der Waals surface area contributed by atoms with Crippen molar-refractivity contribution in [2.75, 3.05) is 7.11 Å². The van der Waals surface area contributed by atoms with Crippen molar-refractivity contribution in [1.29, 1.82) is 0 Å². The molecule has 0 saturated carbocycles. The Morgan fingerprint density at radius 1 is 1.35 bits per heavy atom. The van der Waals surface area contributed by atoms with Crippen molar-refractivity contribution < 1.29 is 9.53 Å². The van der Waals surface area contributed by atoms with Crippen LogP contribution < -0.4 is 4.74 Å². The average molecular weight is 251 g/mol. The number of hydrogen-bond donors (Lipinski definition) is 0. The molecule has 0 spiro atoms. The second-order valence-electron chi connectivity index (χ2n) is 3.53. The third-order valence-corrected chi connectivity index (χ3v) is 2.74. The van der Waals surface area contributed by atoms with E-state index in [1.54, 1.807) is 18.7 Å². The number of hydrogen-bond acceptors (Lipinski definition) is 3. The number of methoxy groups -OCH3 is 1. The van der Waals surface area contributed by atoms with Crippen LogP contribution in [0, 0.1) is 6.92 Å². The molecule has 0 N–H and O–H groups in total. The number of ether oxygens (including phenoxy) is 1. The Bertz CT molecular complexity index is 546. The van der Waals surface area contributed by atoms with E-state index in [4.69, 9.17) is 16.3 Å². The molecule has 0 radical (unpaired) electrons. The number of carbonyl (C=O) groups is 1. The van der Waals surface area contributed by atoms with E-state index in [-0.39, 0.29) is 0 Å². The highest BCUT2D eigenvalue weighted by molar-refractivity contribution is 6.67. The largest absolute Gasteiger partial charge is 0.497 e. The van der Waals surface area contributed by atoms with E-state index in [1.807, 2.05) is 24.3 Å². The lowest BCUT2D eigenvalue weighted by molar-refractivity contribution is 0.108. The molecule has 1 aromatic carbocycles. The molecule has 0 saturated heterocycles. The molecule has 1 heterocycles. The molecule has 1 aromatic heterocycles. The number of halogens is 1. The normalized spacial score (nSPS) is 10.3. The van der Waals surface area contributed by atoms with Crippen LogP contribution in [-0.4, -0.2) is 22.1 Å². The molecule has 0 atom stereocenters. The van der Waals surface area contributed by atoms with Gasteiger partial charge in [-0.05, 0) is 42.8 Å². The second kappa shape index (κ2) is 4.59. The van der Waals surface area contributed by atoms with Gasteiger partial charge >= 0.3 is 0 Å². The third-order valence-electron chi connectivity index (χ3n) is 2.54. The summed E-state index contributed by atoms with van der Waals surface area (Å²) in [7, 11) is 1.61. The van der Waals surface area contributed by atoms with Gasteiger partial charge in [0.2, 0.25) is 0 Å². The summed E-state index contributed by atoms with van der Waals surface area (Å²) in [6, 6.07) is 7.39. The number of nitrogens with zero attached hydrogens (tertiary/aromatic N) is 2. The van der Waals surface area contributed by atoms with Gasteiger partial charge in [-0.25, -0.2) is 4.68 Å². The summed E-state index contributed by atoms with van der Waals surface area (Å²) in [5.41, 5.74) is 1.99. The van der Waals surface area contributed by atoms with E-state index >= 15 is 0 Å². The number of rotatable bonds is 3. The minimum Gasteiger partial charge on any atom is -0.497 e. The van der Waals surface area contributed by atoms with E-state index in [0.717, 1.165) is 17.1 Å². The quantitative estimate of drug-likeness (QED) is 0.787. The van der Waals surface area contributed by atoms with Crippen molar-refractivity contribution in [2.24, 2.45) is 0 Å². The van der Waals surface area contributed by atoms with Gasteiger partial charge in [0.05, 0.1) is 30.3 Å². The molecule has 0 unspecified atom stereocenters. The lowest BCUT2D eigenvalue weighted by atomic mass is 10.2. The minimum absolute atomic E-state index is 0.419. The number of carbonyl (C=O) groups excluding carboxylic acids is 1. The van der Waals surface area contributed by atoms with Gasteiger partial charge < -0.3 is 4.74 Å². The SMILES string of the molecule is COc1ccc(-n2ncc(C(=O)Cl)c2C)cc1. The minimum atomic E-state index is -0.498. The monoisotopic (exact) mass is 250 g/mol. The summed E-state index contributed by atoms with van der Waals surface area (Å²) in [6.45, 7) is 1.80. The molecule has 88 valence electrons. The standard InChI is InChI=1S/C12H11ClN2O2/c1-8-11(12(13)16)7-14-15(8)9-3-5-10(17-2)6-4-9/h3-7H,1-2H3. The fourth-order valence-corrected chi connectivity index (χ4v) is 1.77. The van der Waals surface area contributed by atoms with E-state index in [1.165, 1.54) is 6.20 Å². The first-order valence-corrected chi connectivity index (χ1v) is 5.40. The second-order valence-corrected chi connectivity index (χ2v) is 3.87. The van der Waals surface area contributed by atoms with Crippen LogP contribution in [0.5, 0.6) is 5.75 Å². The average Bonchev–Trinajstić information content (AvgIpc) is 2.71. The number of aromatic nitrogens is 2. The molecule has 0 bridgehead atoms. The van der Waals surface area contributed by atoms with Crippen LogP contribution in [0.25, 0.3) is 5.69 Å². The molecule has 0 aliphatic heterocycles. The lowest BCUT2D eigenvalue weighted by Crippen LogP contribution is -2.00. The fourth-order valence-electron chi connectivity index (χ4n) is 1.59. The molecule has 0 aliphatic rings. The maximum atomic E-state index is 11.1. The maximum absolute atomic E-state index is 11.1. The smallest absolute Gasteiger partial charge is 0.255 e. The Morgan fingerprint density at radius 3 is 2.47 bits per heavy atom. The Balaban J connectivity index is 2.42. The first-order chi connectivity index (χ1) is 8.13. The van der Waals surface area contributed by atoms with Crippen molar-refractivity contribution in [3.05, 3.63) is 41.7 Å². The van der Waals surface area contributed by atoms with Crippen molar-refractivity contribution in [3.63, 3.8) is 0 Å². The molecule has 4 nitrogen and oxygen atoms in total. The van der Waals surface area contributed by atoms with Crippen LogP contribution in [-0.2, 0) is 0 Å². The molecule has 5 heteroatoms. The van der Waals surface area contributed by atoms with E-state index in [9.17, 15) is 4.79 Å². The van der Waals surface area contributed by atoms with Gasteiger partial charge in [-0.2, -0.15) is 5.10 Å². The van der Waals surface area contributed by atoms with E-state index in [2.05, 4.69) is 5.10 Å². The molecular weight excluding hydrogens is 240 g/mol. The Labute approximate surface area is 104 Å². The molecule has 2 aromatic rings. The van der Waals surface area contributed by atoms with Crippen LogP contribution in [0.2, 0.25) is 0 Å². The molecule has 2 rings (SSSR count).